The summed E-state index contributed by atoms with van der Waals surface area (Å²) in [6.45, 7) is 5.61. The van der Waals surface area contributed by atoms with Crippen LogP contribution in [-0.2, 0) is 4.74 Å². The Bertz CT molecular complexity index is 504. The summed E-state index contributed by atoms with van der Waals surface area (Å²) in [5.41, 5.74) is 2.21. The molecular formula is C15H21NO2. The van der Waals surface area contributed by atoms with Crippen LogP contribution < -0.4 is 5.32 Å². The molecular weight excluding hydrogens is 226 g/mol. The van der Waals surface area contributed by atoms with E-state index in [9.17, 15) is 0 Å². The van der Waals surface area contributed by atoms with Crippen molar-refractivity contribution in [2.75, 3.05) is 20.3 Å². The summed E-state index contributed by atoms with van der Waals surface area (Å²) >= 11 is 0. The molecule has 3 heteroatoms. The predicted molar refractivity (Wildman–Crippen MR) is 73.9 cm³/mol. The number of fused-ring (bicyclic) bond motifs is 1. The summed E-state index contributed by atoms with van der Waals surface area (Å²) in [6, 6.07) is 8.59. The van der Waals surface area contributed by atoms with Gasteiger partial charge in [0.2, 0.25) is 0 Å². The molecule has 2 rings (SSSR count). The Kier molecular flexibility index (Phi) is 4.39. The van der Waals surface area contributed by atoms with Crippen molar-refractivity contribution >= 4 is 11.0 Å². The lowest BCUT2D eigenvalue weighted by molar-refractivity contribution is 0.135. The smallest absolute Gasteiger partial charge is 0.134 e. The van der Waals surface area contributed by atoms with Crippen molar-refractivity contribution in [1.82, 2.24) is 5.32 Å². The highest BCUT2D eigenvalue weighted by Crippen LogP contribution is 2.26. The fourth-order valence-corrected chi connectivity index (χ4v) is 2.13. The second-order valence-corrected chi connectivity index (χ2v) is 4.52. The Labute approximate surface area is 108 Å². The summed E-state index contributed by atoms with van der Waals surface area (Å²) in [6.07, 6.45) is 0.920. The quantitative estimate of drug-likeness (QED) is 0.794. The molecule has 1 N–H and O–H groups in total. The van der Waals surface area contributed by atoms with Gasteiger partial charge in [-0.05, 0) is 45.5 Å². The molecule has 0 bridgehead atoms. The lowest BCUT2D eigenvalue weighted by Crippen LogP contribution is -2.17. The van der Waals surface area contributed by atoms with Gasteiger partial charge in [-0.15, -0.1) is 0 Å². The highest BCUT2D eigenvalue weighted by Gasteiger charge is 2.14. The Morgan fingerprint density at radius 3 is 2.89 bits per heavy atom. The standard InChI is InChI=1S/C15H21NO2/c1-4-17-8-7-13(16-3)15-10-12-9-11(2)5-6-14(12)18-15/h5-6,9-10,13,16H,4,7-8H2,1-3H3. The van der Waals surface area contributed by atoms with Crippen LogP contribution in [0.15, 0.2) is 28.7 Å². The maximum atomic E-state index is 5.89. The first-order valence-corrected chi connectivity index (χ1v) is 6.49. The van der Waals surface area contributed by atoms with Crippen molar-refractivity contribution < 1.29 is 9.15 Å². The Morgan fingerprint density at radius 2 is 2.17 bits per heavy atom. The van der Waals surface area contributed by atoms with Gasteiger partial charge < -0.3 is 14.5 Å². The zero-order valence-corrected chi connectivity index (χ0v) is 11.3. The van der Waals surface area contributed by atoms with Crippen LogP contribution in [0.1, 0.15) is 30.7 Å². The van der Waals surface area contributed by atoms with Gasteiger partial charge in [0.25, 0.3) is 0 Å². The highest BCUT2D eigenvalue weighted by molar-refractivity contribution is 5.78. The zero-order valence-electron chi connectivity index (χ0n) is 11.3. The van der Waals surface area contributed by atoms with E-state index in [1.165, 1.54) is 10.9 Å². The van der Waals surface area contributed by atoms with Crippen LogP contribution in [-0.4, -0.2) is 20.3 Å². The summed E-state index contributed by atoms with van der Waals surface area (Å²) < 4.78 is 11.3. The van der Waals surface area contributed by atoms with E-state index in [1.54, 1.807) is 0 Å². The minimum absolute atomic E-state index is 0.212. The van der Waals surface area contributed by atoms with Crippen molar-refractivity contribution in [1.29, 1.82) is 0 Å². The van der Waals surface area contributed by atoms with E-state index in [-0.39, 0.29) is 6.04 Å². The molecule has 0 spiro atoms. The molecule has 0 fully saturated rings. The average Bonchev–Trinajstić information content (AvgIpc) is 2.77. The summed E-state index contributed by atoms with van der Waals surface area (Å²) in [7, 11) is 1.95. The van der Waals surface area contributed by atoms with E-state index >= 15 is 0 Å². The van der Waals surface area contributed by atoms with Gasteiger partial charge in [0.05, 0.1) is 6.04 Å². The number of furan rings is 1. The Balaban J connectivity index is 2.17. The molecule has 18 heavy (non-hydrogen) atoms. The van der Waals surface area contributed by atoms with E-state index in [4.69, 9.17) is 9.15 Å². The van der Waals surface area contributed by atoms with Crippen LogP contribution in [0.3, 0.4) is 0 Å². The lowest BCUT2D eigenvalue weighted by Gasteiger charge is -2.12. The molecule has 1 atom stereocenters. The summed E-state index contributed by atoms with van der Waals surface area (Å²) in [4.78, 5) is 0. The SMILES string of the molecule is CCOCCC(NC)c1cc2cc(C)ccc2o1. The number of nitrogens with one attached hydrogen (secondary N) is 1. The molecule has 0 aliphatic rings. The number of hydrogen-bond donors (Lipinski definition) is 1. The first-order chi connectivity index (χ1) is 8.74. The molecule has 1 heterocycles. The third-order valence-corrected chi connectivity index (χ3v) is 3.14. The van der Waals surface area contributed by atoms with Gasteiger partial charge in [-0.2, -0.15) is 0 Å². The first kappa shape index (κ1) is 13.1. The second-order valence-electron chi connectivity index (χ2n) is 4.52. The van der Waals surface area contributed by atoms with Gasteiger partial charge in [0, 0.05) is 18.6 Å². The van der Waals surface area contributed by atoms with Crippen LogP contribution in [0.5, 0.6) is 0 Å². The number of benzene rings is 1. The second kappa shape index (κ2) is 6.03. The molecule has 1 aromatic heterocycles. The molecule has 1 unspecified atom stereocenters. The fourth-order valence-electron chi connectivity index (χ4n) is 2.13. The largest absolute Gasteiger partial charge is 0.459 e. The molecule has 0 aliphatic carbocycles. The monoisotopic (exact) mass is 247 g/mol. The molecule has 98 valence electrons. The van der Waals surface area contributed by atoms with Crippen molar-refractivity contribution in [2.24, 2.45) is 0 Å². The van der Waals surface area contributed by atoms with E-state index in [0.717, 1.165) is 31.0 Å². The average molecular weight is 247 g/mol. The molecule has 1 aromatic carbocycles. The van der Waals surface area contributed by atoms with Crippen LogP contribution in [0.25, 0.3) is 11.0 Å². The van der Waals surface area contributed by atoms with Gasteiger partial charge in [-0.3, -0.25) is 0 Å². The number of aryl methyl sites for hydroxylation is 1. The molecule has 0 amide bonds. The van der Waals surface area contributed by atoms with Crippen molar-refractivity contribution in [2.45, 2.75) is 26.3 Å². The maximum Gasteiger partial charge on any atom is 0.134 e. The van der Waals surface area contributed by atoms with Gasteiger partial charge in [-0.25, -0.2) is 0 Å². The van der Waals surface area contributed by atoms with Crippen molar-refractivity contribution in [3.63, 3.8) is 0 Å². The maximum absolute atomic E-state index is 5.89. The third-order valence-electron chi connectivity index (χ3n) is 3.14. The van der Waals surface area contributed by atoms with E-state index in [0.29, 0.717) is 0 Å². The number of hydrogen-bond acceptors (Lipinski definition) is 3. The van der Waals surface area contributed by atoms with E-state index in [2.05, 4.69) is 30.4 Å². The van der Waals surface area contributed by atoms with Gasteiger partial charge in [-0.1, -0.05) is 11.6 Å². The van der Waals surface area contributed by atoms with E-state index in [1.807, 2.05) is 20.0 Å². The minimum Gasteiger partial charge on any atom is -0.459 e. The number of ether oxygens (including phenoxy) is 1. The van der Waals surface area contributed by atoms with Gasteiger partial charge in [0.1, 0.15) is 11.3 Å². The van der Waals surface area contributed by atoms with Crippen LogP contribution in [0.4, 0.5) is 0 Å². The normalized spacial score (nSPS) is 13.1. The highest BCUT2D eigenvalue weighted by atomic mass is 16.5. The molecule has 0 saturated carbocycles. The minimum atomic E-state index is 0.212. The number of rotatable bonds is 6. The van der Waals surface area contributed by atoms with E-state index < -0.39 is 0 Å². The molecule has 0 radical (unpaired) electrons. The molecule has 0 saturated heterocycles. The predicted octanol–water partition coefficient (Wildman–Crippen LogP) is 3.43. The van der Waals surface area contributed by atoms with Crippen LogP contribution in [0, 0.1) is 6.92 Å². The zero-order chi connectivity index (χ0) is 13.0. The van der Waals surface area contributed by atoms with Crippen molar-refractivity contribution in [3.05, 3.63) is 35.6 Å². The molecule has 0 aliphatic heterocycles. The van der Waals surface area contributed by atoms with Crippen LogP contribution >= 0.6 is 0 Å². The summed E-state index contributed by atoms with van der Waals surface area (Å²) in [5.74, 6) is 0.984. The topological polar surface area (TPSA) is 34.4 Å². The van der Waals surface area contributed by atoms with Crippen molar-refractivity contribution in [3.8, 4) is 0 Å². The van der Waals surface area contributed by atoms with Crippen LogP contribution in [0.2, 0.25) is 0 Å². The Morgan fingerprint density at radius 1 is 1.33 bits per heavy atom. The summed E-state index contributed by atoms with van der Waals surface area (Å²) in [5, 5.41) is 4.45. The Hall–Kier alpha value is -1.32. The fraction of sp³-hybridized carbons (Fsp3) is 0.467. The lowest BCUT2D eigenvalue weighted by atomic mass is 10.1. The van der Waals surface area contributed by atoms with Gasteiger partial charge >= 0.3 is 0 Å². The molecule has 2 aromatic rings. The first-order valence-electron chi connectivity index (χ1n) is 6.49. The molecule has 3 nitrogen and oxygen atoms in total. The third kappa shape index (κ3) is 2.92. The van der Waals surface area contributed by atoms with Gasteiger partial charge in [0.15, 0.2) is 0 Å².